The van der Waals surface area contributed by atoms with Gasteiger partial charge in [0, 0.05) is 29.8 Å². The van der Waals surface area contributed by atoms with Crippen LogP contribution >= 0.6 is 0 Å². The van der Waals surface area contributed by atoms with Gasteiger partial charge in [-0.2, -0.15) is 0 Å². The lowest BCUT2D eigenvalue weighted by molar-refractivity contribution is -0.133. The summed E-state index contributed by atoms with van der Waals surface area (Å²) in [7, 11) is 0. The van der Waals surface area contributed by atoms with Gasteiger partial charge in [-0.1, -0.05) is 12.1 Å². The molecule has 0 spiro atoms. The lowest BCUT2D eigenvalue weighted by Crippen LogP contribution is -2.23. The smallest absolute Gasteiger partial charge is 0.315 e. The van der Waals surface area contributed by atoms with Crippen LogP contribution in [0, 0.1) is 5.82 Å². The second-order valence-corrected chi connectivity index (χ2v) is 7.33. The molecule has 0 unspecified atom stereocenters. The van der Waals surface area contributed by atoms with Crippen molar-refractivity contribution in [2.24, 2.45) is 0 Å². The van der Waals surface area contributed by atoms with Crippen molar-refractivity contribution in [1.82, 2.24) is 0 Å². The summed E-state index contributed by atoms with van der Waals surface area (Å²) in [5.74, 6) is -0.622. The number of nitrogens with zero attached hydrogens (tertiary/aromatic N) is 1. The van der Waals surface area contributed by atoms with Gasteiger partial charge < -0.3 is 9.64 Å². The third-order valence-electron chi connectivity index (χ3n) is 5.12. The van der Waals surface area contributed by atoms with Crippen molar-refractivity contribution in [3.05, 3.63) is 95.3 Å². The number of hydrogen-bond donors (Lipinski definition) is 0. The molecule has 6 heteroatoms. The predicted octanol–water partition coefficient (Wildman–Crippen LogP) is 4.33. The van der Waals surface area contributed by atoms with Gasteiger partial charge in [-0.25, -0.2) is 4.39 Å². The van der Waals surface area contributed by atoms with E-state index in [2.05, 4.69) is 0 Å². The molecule has 0 saturated carbocycles. The molecule has 0 bridgehead atoms. The quantitative estimate of drug-likeness (QED) is 0.340. The molecule has 3 aromatic carbocycles. The Hall–Kier alpha value is -3.80. The first kappa shape index (κ1) is 20.5. The number of benzene rings is 3. The lowest BCUT2D eigenvalue weighted by Gasteiger charge is -2.15. The average molecular weight is 417 g/mol. The van der Waals surface area contributed by atoms with E-state index in [1.807, 2.05) is 24.3 Å². The first-order valence-corrected chi connectivity index (χ1v) is 10.00. The monoisotopic (exact) mass is 417 g/mol. The number of anilines is 1. The molecule has 1 amide bonds. The predicted molar refractivity (Wildman–Crippen MR) is 114 cm³/mol. The summed E-state index contributed by atoms with van der Waals surface area (Å²) in [5, 5.41) is 0. The molecule has 0 aromatic heterocycles. The third kappa shape index (κ3) is 4.86. The summed E-state index contributed by atoms with van der Waals surface area (Å²) >= 11 is 0. The molecule has 0 radical (unpaired) electrons. The summed E-state index contributed by atoms with van der Waals surface area (Å²) in [6, 6.07) is 18.9. The van der Waals surface area contributed by atoms with E-state index in [-0.39, 0.29) is 18.1 Å². The number of esters is 1. The van der Waals surface area contributed by atoms with Gasteiger partial charge in [0.05, 0.1) is 6.42 Å². The molecule has 5 nitrogen and oxygen atoms in total. The van der Waals surface area contributed by atoms with E-state index in [0.29, 0.717) is 23.3 Å². The van der Waals surface area contributed by atoms with Crippen LogP contribution in [0.4, 0.5) is 10.1 Å². The van der Waals surface area contributed by atoms with E-state index < -0.39 is 11.8 Å². The van der Waals surface area contributed by atoms with Crippen LogP contribution in [0.15, 0.2) is 72.8 Å². The number of ether oxygens (including phenoxy) is 1. The van der Waals surface area contributed by atoms with E-state index in [1.54, 1.807) is 29.2 Å². The van der Waals surface area contributed by atoms with Gasteiger partial charge in [-0.3, -0.25) is 14.4 Å². The summed E-state index contributed by atoms with van der Waals surface area (Å²) in [5.41, 5.74) is 2.41. The molecule has 1 aliphatic rings. The van der Waals surface area contributed by atoms with Crippen LogP contribution in [-0.2, 0) is 16.0 Å². The van der Waals surface area contributed by atoms with E-state index in [1.165, 1.54) is 24.3 Å². The molecular formula is C25H20FNO4. The SMILES string of the molecule is O=C(Cc1ccc(N2CCCC2=O)cc1)Oc1ccc(C(=O)c2ccc(F)cc2)cc1. The molecular weight excluding hydrogens is 397 g/mol. The van der Waals surface area contributed by atoms with Crippen LogP contribution in [0.3, 0.4) is 0 Å². The molecule has 1 heterocycles. The highest BCUT2D eigenvalue weighted by Gasteiger charge is 2.21. The molecule has 0 aliphatic carbocycles. The van der Waals surface area contributed by atoms with Crippen LogP contribution in [-0.4, -0.2) is 24.2 Å². The van der Waals surface area contributed by atoms with Crippen molar-refractivity contribution in [2.75, 3.05) is 11.4 Å². The lowest BCUT2D eigenvalue weighted by atomic mass is 10.0. The van der Waals surface area contributed by atoms with Crippen LogP contribution in [0.1, 0.15) is 34.3 Å². The number of carbonyl (C=O) groups excluding carboxylic acids is 3. The molecule has 0 N–H and O–H groups in total. The van der Waals surface area contributed by atoms with Crippen molar-refractivity contribution in [1.29, 1.82) is 0 Å². The number of halogens is 1. The van der Waals surface area contributed by atoms with E-state index in [4.69, 9.17) is 4.74 Å². The van der Waals surface area contributed by atoms with E-state index >= 15 is 0 Å². The van der Waals surface area contributed by atoms with Crippen LogP contribution < -0.4 is 9.64 Å². The van der Waals surface area contributed by atoms with Crippen molar-refractivity contribution < 1.29 is 23.5 Å². The molecule has 156 valence electrons. The zero-order valence-corrected chi connectivity index (χ0v) is 16.7. The number of rotatable bonds is 6. The number of hydrogen-bond acceptors (Lipinski definition) is 4. The molecule has 0 atom stereocenters. The highest BCUT2D eigenvalue weighted by Crippen LogP contribution is 2.22. The summed E-state index contributed by atoms with van der Waals surface area (Å²) in [4.78, 5) is 38.2. The van der Waals surface area contributed by atoms with E-state index in [9.17, 15) is 18.8 Å². The Kier molecular flexibility index (Phi) is 5.89. The topological polar surface area (TPSA) is 63.7 Å². The minimum Gasteiger partial charge on any atom is -0.426 e. The molecule has 1 saturated heterocycles. The molecule has 4 rings (SSSR count). The van der Waals surface area contributed by atoms with Gasteiger partial charge in [0.1, 0.15) is 11.6 Å². The molecule has 3 aromatic rings. The Morgan fingerprint density at radius 2 is 1.48 bits per heavy atom. The maximum atomic E-state index is 13.0. The summed E-state index contributed by atoms with van der Waals surface area (Å²) in [6.45, 7) is 0.722. The minimum atomic E-state index is -0.428. The zero-order chi connectivity index (χ0) is 21.8. The Bertz CT molecular complexity index is 1110. The van der Waals surface area contributed by atoms with Crippen LogP contribution in [0.2, 0.25) is 0 Å². The van der Waals surface area contributed by atoms with Crippen molar-refractivity contribution in [3.63, 3.8) is 0 Å². The molecule has 1 aliphatic heterocycles. The fraction of sp³-hybridized carbons (Fsp3) is 0.160. The van der Waals surface area contributed by atoms with Gasteiger partial charge in [-0.05, 0) is 72.6 Å². The first-order valence-electron chi connectivity index (χ1n) is 10.00. The third-order valence-corrected chi connectivity index (χ3v) is 5.12. The van der Waals surface area contributed by atoms with E-state index in [0.717, 1.165) is 24.2 Å². The molecule has 31 heavy (non-hydrogen) atoms. The fourth-order valence-corrected chi connectivity index (χ4v) is 3.49. The largest absolute Gasteiger partial charge is 0.426 e. The van der Waals surface area contributed by atoms with Crippen molar-refractivity contribution in [2.45, 2.75) is 19.3 Å². The summed E-state index contributed by atoms with van der Waals surface area (Å²) in [6.07, 6.45) is 1.52. The Morgan fingerprint density at radius 3 is 2.06 bits per heavy atom. The zero-order valence-electron chi connectivity index (χ0n) is 16.7. The number of carbonyl (C=O) groups is 3. The van der Waals surface area contributed by atoms with Crippen molar-refractivity contribution in [3.8, 4) is 5.75 Å². The first-order chi connectivity index (χ1) is 15.0. The highest BCUT2D eigenvalue weighted by molar-refractivity contribution is 6.09. The second kappa shape index (κ2) is 8.92. The second-order valence-electron chi connectivity index (χ2n) is 7.33. The van der Waals surface area contributed by atoms with Gasteiger partial charge in [0.2, 0.25) is 5.91 Å². The normalized spacial score (nSPS) is 13.3. The van der Waals surface area contributed by atoms with Crippen molar-refractivity contribution >= 4 is 23.3 Å². The van der Waals surface area contributed by atoms with Crippen LogP contribution in [0.25, 0.3) is 0 Å². The number of ketones is 1. The maximum absolute atomic E-state index is 13.0. The van der Waals surface area contributed by atoms with Gasteiger partial charge in [-0.15, -0.1) is 0 Å². The highest BCUT2D eigenvalue weighted by atomic mass is 19.1. The Balaban J connectivity index is 1.35. The minimum absolute atomic E-state index is 0.0878. The standard InChI is InChI=1S/C25H20FNO4/c26-20-9-5-18(6-10-20)25(30)19-7-13-22(14-8-19)31-24(29)16-17-3-11-21(12-4-17)27-15-1-2-23(27)28/h3-14H,1-2,15-16H2. The fourth-order valence-electron chi connectivity index (χ4n) is 3.49. The van der Waals surface area contributed by atoms with Gasteiger partial charge >= 0.3 is 5.97 Å². The number of amides is 1. The van der Waals surface area contributed by atoms with Gasteiger partial charge in [0.15, 0.2) is 5.78 Å². The Labute approximate surface area is 179 Å². The average Bonchev–Trinajstić information content (AvgIpc) is 3.21. The molecule has 1 fully saturated rings. The van der Waals surface area contributed by atoms with Gasteiger partial charge in [0.25, 0.3) is 0 Å². The summed E-state index contributed by atoms with van der Waals surface area (Å²) < 4.78 is 18.4. The Morgan fingerprint density at radius 1 is 0.871 bits per heavy atom. The maximum Gasteiger partial charge on any atom is 0.315 e. The van der Waals surface area contributed by atoms with Crippen LogP contribution in [0.5, 0.6) is 5.75 Å².